The highest BCUT2D eigenvalue weighted by molar-refractivity contribution is 9.10. The van der Waals surface area contributed by atoms with Gasteiger partial charge in [0, 0.05) is 5.39 Å². The number of phenols is 1. The van der Waals surface area contributed by atoms with Gasteiger partial charge in [0.25, 0.3) is 0 Å². The summed E-state index contributed by atoms with van der Waals surface area (Å²) < 4.78 is 13.9. The second-order valence-corrected chi connectivity index (χ2v) is 4.94. The molecule has 0 radical (unpaired) electrons. The molecule has 0 aliphatic rings. The zero-order valence-corrected chi connectivity index (χ0v) is 10.7. The SMILES string of the molecule is CC(C)c1cc(O)cc2ccc(F)c(Br)c12. The van der Waals surface area contributed by atoms with Crippen LogP contribution in [0.25, 0.3) is 10.8 Å². The quantitative estimate of drug-likeness (QED) is 0.812. The van der Waals surface area contributed by atoms with Gasteiger partial charge in [-0.05, 0) is 51.0 Å². The molecule has 0 saturated carbocycles. The summed E-state index contributed by atoms with van der Waals surface area (Å²) in [6.45, 7) is 4.04. The molecule has 0 aromatic heterocycles. The molecule has 2 aromatic rings. The van der Waals surface area contributed by atoms with E-state index in [1.807, 2.05) is 13.8 Å². The molecule has 3 heteroatoms. The fourth-order valence-electron chi connectivity index (χ4n) is 1.87. The summed E-state index contributed by atoms with van der Waals surface area (Å²) in [4.78, 5) is 0. The number of hydrogen-bond donors (Lipinski definition) is 1. The number of rotatable bonds is 1. The van der Waals surface area contributed by atoms with Crippen molar-refractivity contribution in [2.24, 2.45) is 0 Å². The molecule has 0 heterocycles. The topological polar surface area (TPSA) is 20.2 Å². The van der Waals surface area contributed by atoms with Crippen LogP contribution in [0.3, 0.4) is 0 Å². The molecule has 1 nitrogen and oxygen atoms in total. The third-order valence-electron chi connectivity index (χ3n) is 2.64. The van der Waals surface area contributed by atoms with Crippen LogP contribution in [0.2, 0.25) is 0 Å². The molecule has 0 fully saturated rings. The molecule has 0 spiro atoms. The van der Waals surface area contributed by atoms with Crippen LogP contribution < -0.4 is 0 Å². The Morgan fingerprint density at radius 2 is 1.94 bits per heavy atom. The third-order valence-corrected chi connectivity index (χ3v) is 3.42. The summed E-state index contributed by atoms with van der Waals surface area (Å²) in [5, 5.41) is 11.3. The smallest absolute Gasteiger partial charge is 0.138 e. The van der Waals surface area contributed by atoms with Crippen molar-refractivity contribution in [3.8, 4) is 5.75 Å². The van der Waals surface area contributed by atoms with Crippen LogP contribution in [0, 0.1) is 5.82 Å². The number of phenolic OH excluding ortho intramolecular Hbond substituents is 1. The summed E-state index contributed by atoms with van der Waals surface area (Å²) in [5.74, 6) is 0.169. The van der Waals surface area contributed by atoms with E-state index >= 15 is 0 Å². The van der Waals surface area contributed by atoms with Crippen LogP contribution in [0.1, 0.15) is 25.3 Å². The molecule has 0 atom stereocenters. The van der Waals surface area contributed by atoms with Gasteiger partial charge < -0.3 is 5.11 Å². The Morgan fingerprint density at radius 3 is 2.56 bits per heavy atom. The minimum absolute atomic E-state index is 0.217. The first-order chi connectivity index (χ1) is 7.50. The van der Waals surface area contributed by atoms with Crippen molar-refractivity contribution in [3.05, 3.63) is 40.1 Å². The molecular formula is C13H12BrFO. The van der Waals surface area contributed by atoms with Crippen molar-refractivity contribution >= 4 is 26.7 Å². The van der Waals surface area contributed by atoms with Crippen LogP contribution in [0.5, 0.6) is 5.75 Å². The minimum Gasteiger partial charge on any atom is -0.508 e. The van der Waals surface area contributed by atoms with Gasteiger partial charge in [0.05, 0.1) is 4.47 Å². The number of halogens is 2. The molecule has 1 N–H and O–H groups in total. The van der Waals surface area contributed by atoms with Crippen molar-refractivity contribution in [2.75, 3.05) is 0 Å². The van der Waals surface area contributed by atoms with Crippen molar-refractivity contribution in [2.45, 2.75) is 19.8 Å². The second kappa shape index (κ2) is 4.06. The predicted octanol–water partition coefficient (Wildman–Crippen LogP) is 4.57. The fraction of sp³-hybridized carbons (Fsp3) is 0.231. The lowest BCUT2D eigenvalue weighted by molar-refractivity contribution is 0.475. The number of benzene rings is 2. The molecule has 16 heavy (non-hydrogen) atoms. The Kier molecular flexibility index (Phi) is 2.89. The van der Waals surface area contributed by atoms with Gasteiger partial charge in [-0.1, -0.05) is 19.9 Å². The summed E-state index contributed by atoms with van der Waals surface area (Å²) in [6.07, 6.45) is 0. The maximum Gasteiger partial charge on any atom is 0.138 e. The zero-order chi connectivity index (χ0) is 11.9. The zero-order valence-electron chi connectivity index (χ0n) is 9.09. The third kappa shape index (κ3) is 1.80. The van der Waals surface area contributed by atoms with Crippen LogP contribution >= 0.6 is 15.9 Å². The fourth-order valence-corrected chi connectivity index (χ4v) is 2.46. The van der Waals surface area contributed by atoms with Gasteiger partial charge in [0.15, 0.2) is 0 Å². The summed E-state index contributed by atoms with van der Waals surface area (Å²) in [6, 6.07) is 6.42. The van der Waals surface area contributed by atoms with Crippen LogP contribution in [-0.4, -0.2) is 5.11 Å². The van der Waals surface area contributed by atoms with Gasteiger partial charge in [0.2, 0.25) is 0 Å². The van der Waals surface area contributed by atoms with E-state index in [-0.39, 0.29) is 17.5 Å². The minimum atomic E-state index is -0.278. The Balaban J connectivity index is 2.92. The van der Waals surface area contributed by atoms with E-state index in [0.29, 0.717) is 4.47 Å². The Morgan fingerprint density at radius 1 is 1.25 bits per heavy atom. The van der Waals surface area contributed by atoms with Gasteiger partial charge in [-0.3, -0.25) is 0 Å². The molecule has 84 valence electrons. The predicted molar refractivity (Wildman–Crippen MR) is 67.4 cm³/mol. The standard InChI is InChI=1S/C13H12BrFO/c1-7(2)10-6-9(16)5-8-3-4-11(15)13(14)12(8)10/h3-7,16H,1-2H3. The molecule has 0 bridgehead atoms. The van der Waals surface area contributed by atoms with Gasteiger partial charge in [0.1, 0.15) is 11.6 Å². The first kappa shape index (κ1) is 11.4. The summed E-state index contributed by atoms with van der Waals surface area (Å²) >= 11 is 3.27. The normalized spacial score (nSPS) is 11.3. The van der Waals surface area contributed by atoms with E-state index < -0.39 is 0 Å². The van der Waals surface area contributed by atoms with E-state index in [9.17, 15) is 9.50 Å². The molecule has 0 amide bonds. The van der Waals surface area contributed by atoms with E-state index in [4.69, 9.17) is 0 Å². The molecule has 2 rings (SSSR count). The van der Waals surface area contributed by atoms with Crippen molar-refractivity contribution in [3.63, 3.8) is 0 Å². The highest BCUT2D eigenvalue weighted by Gasteiger charge is 2.12. The second-order valence-electron chi connectivity index (χ2n) is 4.15. The lowest BCUT2D eigenvalue weighted by Gasteiger charge is -2.12. The lowest BCUT2D eigenvalue weighted by Crippen LogP contribution is -1.92. The molecule has 2 aromatic carbocycles. The molecule has 0 aliphatic heterocycles. The number of hydrogen-bond acceptors (Lipinski definition) is 1. The number of aromatic hydroxyl groups is 1. The van der Waals surface area contributed by atoms with Crippen LogP contribution in [0.15, 0.2) is 28.7 Å². The monoisotopic (exact) mass is 282 g/mol. The molecule has 0 aliphatic carbocycles. The van der Waals surface area contributed by atoms with Crippen LogP contribution in [0.4, 0.5) is 4.39 Å². The van der Waals surface area contributed by atoms with Gasteiger partial charge in [-0.2, -0.15) is 0 Å². The van der Waals surface area contributed by atoms with E-state index in [0.717, 1.165) is 16.3 Å². The average molecular weight is 283 g/mol. The van der Waals surface area contributed by atoms with E-state index in [2.05, 4.69) is 15.9 Å². The van der Waals surface area contributed by atoms with Crippen molar-refractivity contribution in [1.82, 2.24) is 0 Å². The lowest BCUT2D eigenvalue weighted by atomic mass is 9.95. The Bertz CT molecular complexity index is 549. The van der Waals surface area contributed by atoms with E-state index in [1.54, 1.807) is 18.2 Å². The highest BCUT2D eigenvalue weighted by Crippen LogP contribution is 2.35. The maximum atomic E-state index is 13.5. The first-order valence-electron chi connectivity index (χ1n) is 5.11. The van der Waals surface area contributed by atoms with Gasteiger partial charge >= 0.3 is 0 Å². The van der Waals surface area contributed by atoms with E-state index in [1.165, 1.54) is 6.07 Å². The molecular weight excluding hydrogens is 271 g/mol. The van der Waals surface area contributed by atoms with Crippen molar-refractivity contribution < 1.29 is 9.50 Å². The largest absolute Gasteiger partial charge is 0.508 e. The summed E-state index contributed by atoms with van der Waals surface area (Å²) in [5.41, 5.74) is 0.946. The van der Waals surface area contributed by atoms with Gasteiger partial charge in [-0.15, -0.1) is 0 Å². The number of fused-ring (bicyclic) bond motifs is 1. The average Bonchev–Trinajstić information content (AvgIpc) is 2.22. The Hall–Kier alpha value is -1.09. The molecule has 0 saturated heterocycles. The first-order valence-corrected chi connectivity index (χ1v) is 5.90. The summed E-state index contributed by atoms with van der Waals surface area (Å²) in [7, 11) is 0. The maximum absolute atomic E-state index is 13.5. The highest BCUT2D eigenvalue weighted by atomic mass is 79.9. The Labute approximate surface area is 102 Å². The van der Waals surface area contributed by atoms with Crippen molar-refractivity contribution in [1.29, 1.82) is 0 Å². The van der Waals surface area contributed by atoms with Gasteiger partial charge in [-0.25, -0.2) is 4.39 Å². The van der Waals surface area contributed by atoms with Crippen LogP contribution in [-0.2, 0) is 0 Å². The molecule has 0 unspecified atom stereocenters.